The van der Waals surface area contributed by atoms with E-state index in [1.807, 2.05) is 0 Å². The number of aliphatic hydroxyl groups excluding tert-OH is 1. The summed E-state index contributed by atoms with van der Waals surface area (Å²) in [6, 6.07) is 8.68. The highest BCUT2D eigenvalue weighted by atomic mass is 79.9. The quantitative estimate of drug-likeness (QED) is 0.894. The monoisotopic (exact) mass is 342 g/mol. The molecule has 0 fully saturated rings. The second-order valence-corrected chi connectivity index (χ2v) is 5.31. The molecule has 0 saturated carbocycles. The van der Waals surface area contributed by atoms with E-state index in [9.17, 15) is 13.9 Å². The maximum absolute atomic E-state index is 13.8. The third kappa shape index (κ3) is 3.55. The molecule has 2 nitrogen and oxygen atoms in total. The van der Waals surface area contributed by atoms with Crippen LogP contribution < -0.4 is 4.74 Å². The van der Waals surface area contributed by atoms with Crippen molar-refractivity contribution < 1.29 is 18.6 Å². The smallest absolute Gasteiger partial charge is 0.165 e. The molecule has 2 aromatic rings. The third-order valence-corrected chi connectivity index (χ3v) is 3.32. The SMILES string of the molecule is C[C@H](O)c1ccc(OCc2cc(Br)ccc2F)c(F)c1. The average Bonchev–Trinajstić information content (AvgIpc) is 2.40. The van der Waals surface area contributed by atoms with Crippen LogP contribution in [0.1, 0.15) is 24.2 Å². The Hall–Kier alpha value is -1.46. The van der Waals surface area contributed by atoms with Gasteiger partial charge in [-0.3, -0.25) is 0 Å². The highest BCUT2D eigenvalue weighted by Crippen LogP contribution is 2.24. The molecule has 2 rings (SSSR count). The van der Waals surface area contributed by atoms with Gasteiger partial charge in [0.2, 0.25) is 0 Å². The van der Waals surface area contributed by atoms with Gasteiger partial charge in [0.25, 0.3) is 0 Å². The molecule has 0 aliphatic heterocycles. The number of hydrogen-bond acceptors (Lipinski definition) is 2. The van der Waals surface area contributed by atoms with Crippen molar-refractivity contribution in [1.29, 1.82) is 0 Å². The summed E-state index contributed by atoms with van der Waals surface area (Å²) in [6.07, 6.45) is -0.749. The Kier molecular flexibility index (Phi) is 4.73. The van der Waals surface area contributed by atoms with Gasteiger partial charge < -0.3 is 9.84 Å². The van der Waals surface area contributed by atoms with Crippen molar-refractivity contribution in [3.05, 3.63) is 63.6 Å². The fourth-order valence-corrected chi connectivity index (χ4v) is 2.11. The van der Waals surface area contributed by atoms with E-state index >= 15 is 0 Å². The zero-order valence-electron chi connectivity index (χ0n) is 10.7. The number of halogens is 3. The van der Waals surface area contributed by atoms with Crippen LogP contribution in [0.25, 0.3) is 0 Å². The molecule has 0 aromatic heterocycles. The zero-order chi connectivity index (χ0) is 14.7. The Morgan fingerprint density at radius 2 is 1.90 bits per heavy atom. The lowest BCUT2D eigenvalue weighted by molar-refractivity contribution is 0.198. The largest absolute Gasteiger partial charge is 0.486 e. The van der Waals surface area contributed by atoms with Crippen molar-refractivity contribution in [1.82, 2.24) is 0 Å². The summed E-state index contributed by atoms with van der Waals surface area (Å²) < 4.78 is 33.3. The molecule has 106 valence electrons. The van der Waals surface area contributed by atoms with E-state index in [4.69, 9.17) is 4.74 Å². The van der Waals surface area contributed by atoms with Gasteiger partial charge in [-0.2, -0.15) is 0 Å². The van der Waals surface area contributed by atoms with Gasteiger partial charge in [-0.15, -0.1) is 0 Å². The molecule has 0 unspecified atom stereocenters. The van der Waals surface area contributed by atoms with Gasteiger partial charge in [0, 0.05) is 10.0 Å². The Balaban J connectivity index is 2.13. The van der Waals surface area contributed by atoms with Crippen LogP contribution in [0.2, 0.25) is 0 Å². The van der Waals surface area contributed by atoms with Crippen LogP contribution >= 0.6 is 15.9 Å². The Morgan fingerprint density at radius 1 is 1.15 bits per heavy atom. The molecule has 0 aliphatic rings. The molecular weight excluding hydrogens is 330 g/mol. The molecule has 0 heterocycles. The minimum Gasteiger partial charge on any atom is -0.486 e. The van der Waals surface area contributed by atoms with E-state index < -0.39 is 17.7 Å². The lowest BCUT2D eigenvalue weighted by Crippen LogP contribution is -2.01. The lowest BCUT2D eigenvalue weighted by atomic mass is 10.1. The Morgan fingerprint density at radius 3 is 2.55 bits per heavy atom. The van der Waals surface area contributed by atoms with Gasteiger partial charge in [-0.1, -0.05) is 22.0 Å². The number of aliphatic hydroxyl groups is 1. The second kappa shape index (κ2) is 6.33. The second-order valence-electron chi connectivity index (χ2n) is 4.39. The summed E-state index contributed by atoms with van der Waals surface area (Å²) in [5.74, 6) is -0.971. The van der Waals surface area contributed by atoms with E-state index in [1.54, 1.807) is 25.1 Å². The molecule has 2 aromatic carbocycles. The minimum absolute atomic E-state index is 0.0220. The average molecular weight is 343 g/mol. The summed E-state index contributed by atoms with van der Waals surface area (Å²) in [5.41, 5.74) is 0.793. The molecule has 5 heteroatoms. The van der Waals surface area contributed by atoms with E-state index in [0.29, 0.717) is 11.1 Å². The predicted octanol–water partition coefficient (Wildman–Crippen LogP) is 4.36. The van der Waals surface area contributed by atoms with Gasteiger partial charge in [-0.05, 0) is 42.8 Å². The van der Waals surface area contributed by atoms with Gasteiger partial charge in [0.05, 0.1) is 6.10 Å². The molecule has 1 atom stereocenters. The van der Waals surface area contributed by atoms with Crippen molar-refractivity contribution in [3.63, 3.8) is 0 Å². The molecule has 0 radical (unpaired) electrons. The van der Waals surface area contributed by atoms with Crippen LogP contribution in [0.5, 0.6) is 5.75 Å². The Labute approximate surface area is 124 Å². The van der Waals surface area contributed by atoms with Crippen LogP contribution in [0.4, 0.5) is 8.78 Å². The molecule has 0 bridgehead atoms. The van der Waals surface area contributed by atoms with Crippen LogP contribution in [-0.4, -0.2) is 5.11 Å². The first kappa shape index (κ1) is 14.9. The normalized spacial score (nSPS) is 12.2. The lowest BCUT2D eigenvalue weighted by Gasteiger charge is -2.10. The molecule has 0 amide bonds. The number of benzene rings is 2. The fourth-order valence-electron chi connectivity index (χ4n) is 1.70. The first-order chi connectivity index (χ1) is 9.47. The van der Waals surface area contributed by atoms with Crippen LogP contribution in [0.15, 0.2) is 40.9 Å². The highest BCUT2D eigenvalue weighted by molar-refractivity contribution is 9.10. The first-order valence-electron chi connectivity index (χ1n) is 6.01. The molecular formula is C15H13BrF2O2. The van der Waals surface area contributed by atoms with Crippen molar-refractivity contribution in [3.8, 4) is 5.75 Å². The van der Waals surface area contributed by atoms with E-state index in [0.717, 1.165) is 4.47 Å². The van der Waals surface area contributed by atoms with Crippen LogP contribution in [-0.2, 0) is 6.61 Å². The minimum atomic E-state index is -0.749. The first-order valence-corrected chi connectivity index (χ1v) is 6.81. The number of hydrogen-bond donors (Lipinski definition) is 1. The summed E-state index contributed by atoms with van der Waals surface area (Å²) in [6.45, 7) is 1.47. The van der Waals surface area contributed by atoms with Crippen molar-refractivity contribution in [2.24, 2.45) is 0 Å². The van der Waals surface area contributed by atoms with Crippen molar-refractivity contribution >= 4 is 15.9 Å². The van der Waals surface area contributed by atoms with E-state index in [-0.39, 0.29) is 12.4 Å². The van der Waals surface area contributed by atoms with Crippen LogP contribution in [0.3, 0.4) is 0 Å². The maximum Gasteiger partial charge on any atom is 0.165 e. The van der Waals surface area contributed by atoms with Gasteiger partial charge in [-0.25, -0.2) is 8.78 Å². The highest BCUT2D eigenvalue weighted by Gasteiger charge is 2.09. The molecule has 0 aliphatic carbocycles. The standard InChI is InChI=1S/C15H13BrF2O2/c1-9(19)10-2-5-15(14(18)7-10)20-8-11-6-12(16)3-4-13(11)17/h2-7,9,19H,8H2,1H3/t9-/m0/s1. The van der Waals surface area contributed by atoms with Crippen molar-refractivity contribution in [2.75, 3.05) is 0 Å². The maximum atomic E-state index is 13.8. The van der Waals surface area contributed by atoms with Gasteiger partial charge in [0.15, 0.2) is 11.6 Å². The zero-order valence-corrected chi connectivity index (χ0v) is 12.3. The summed E-state index contributed by atoms with van der Waals surface area (Å²) >= 11 is 3.24. The van der Waals surface area contributed by atoms with E-state index in [1.165, 1.54) is 18.2 Å². The van der Waals surface area contributed by atoms with Crippen LogP contribution in [0, 0.1) is 11.6 Å². The van der Waals surface area contributed by atoms with E-state index in [2.05, 4.69) is 15.9 Å². The summed E-state index contributed by atoms with van der Waals surface area (Å²) in [7, 11) is 0. The fraction of sp³-hybridized carbons (Fsp3) is 0.200. The van der Waals surface area contributed by atoms with Gasteiger partial charge in [0.1, 0.15) is 12.4 Å². The van der Waals surface area contributed by atoms with Gasteiger partial charge >= 0.3 is 0 Å². The number of rotatable bonds is 4. The molecule has 0 saturated heterocycles. The molecule has 20 heavy (non-hydrogen) atoms. The molecule has 0 spiro atoms. The summed E-state index contributed by atoms with van der Waals surface area (Å²) in [4.78, 5) is 0. The predicted molar refractivity (Wildman–Crippen MR) is 75.5 cm³/mol. The molecule has 1 N–H and O–H groups in total. The topological polar surface area (TPSA) is 29.5 Å². The summed E-state index contributed by atoms with van der Waals surface area (Å²) in [5, 5.41) is 9.35. The third-order valence-electron chi connectivity index (χ3n) is 2.83. The number of ether oxygens (including phenoxy) is 1. The van der Waals surface area contributed by atoms with Crippen molar-refractivity contribution in [2.45, 2.75) is 19.6 Å². The Bertz CT molecular complexity index is 615.